The minimum absolute atomic E-state index is 0.301. The van der Waals surface area contributed by atoms with Crippen LogP contribution in [-0.2, 0) is 0 Å². The van der Waals surface area contributed by atoms with E-state index in [-0.39, 0.29) is 0 Å². The lowest BCUT2D eigenvalue weighted by molar-refractivity contribution is 0.174. The Balaban J connectivity index is 1.95. The number of hydrogen-bond acceptors (Lipinski definition) is 2. The normalized spacial score (nSPS) is 12.5. The zero-order valence-electron chi connectivity index (χ0n) is 10.3. The molecule has 0 aliphatic carbocycles. The maximum absolute atomic E-state index is 5.38. The molecule has 0 fully saturated rings. The minimum Gasteiger partial charge on any atom is -0.454 e. The topological polar surface area (TPSA) is 18.5 Å². The number of fused-ring (bicyclic) bond motifs is 1. The molecule has 1 aliphatic heterocycles. The van der Waals surface area contributed by atoms with Crippen molar-refractivity contribution in [3.63, 3.8) is 0 Å². The largest absolute Gasteiger partial charge is 0.454 e. The molecule has 0 spiro atoms. The highest BCUT2D eigenvalue weighted by Crippen LogP contribution is 2.35. The molecular formula is C16H14O2. The van der Waals surface area contributed by atoms with Crippen molar-refractivity contribution in [1.82, 2.24) is 0 Å². The van der Waals surface area contributed by atoms with E-state index in [0.29, 0.717) is 6.79 Å². The molecule has 0 N–H and O–H groups in total. The van der Waals surface area contributed by atoms with E-state index in [0.717, 1.165) is 28.2 Å². The third kappa shape index (κ3) is 1.86. The average molecular weight is 238 g/mol. The van der Waals surface area contributed by atoms with Gasteiger partial charge in [0, 0.05) is 0 Å². The Morgan fingerprint density at radius 2 is 1.61 bits per heavy atom. The van der Waals surface area contributed by atoms with Crippen molar-refractivity contribution >= 4 is 5.57 Å². The van der Waals surface area contributed by atoms with Crippen LogP contribution in [0.1, 0.15) is 16.7 Å². The number of benzene rings is 2. The van der Waals surface area contributed by atoms with Crippen LogP contribution in [0.2, 0.25) is 0 Å². The van der Waals surface area contributed by atoms with Crippen LogP contribution in [0.25, 0.3) is 5.57 Å². The van der Waals surface area contributed by atoms with Gasteiger partial charge in [-0.15, -0.1) is 0 Å². The van der Waals surface area contributed by atoms with Gasteiger partial charge in [0.1, 0.15) is 0 Å². The van der Waals surface area contributed by atoms with Gasteiger partial charge in [-0.3, -0.25) is 0 Å². The predicted molar refractivity (Wildman–Crippen MR) is 71.9 cm³/mol. The Labute approximate surface area is 106 Å². The van der Waals surface area contributed by atoms with Crippen molar-refractivity contribution in [1.29, 1.82) is 0 Å². The first-order valence-corrected chi connectivity index (χ1v) is 5.90. The third-order valence-corrected chi connectivity index (χ3v) is 3.12. The van der Waals surface area contributed by atoms with Gasteiger partial charge in [-0.25, -0.2) is 0 Å². The first-order valence-electron chi connectivity index (χ1n) is 5.90. The van der Waals surface area contributed by atoms with Crippen LogP contribution in [0.5, 0.6) is 11.5 Å². The second-order valence-electron chi connectivity index (χ2n) is 4.41. The van der Waals surface area contributed by atoms with Gasteiger partial charge in [0.05, 0.1) is 0 Å². The summed E-state index contributed by atoms with van der Waals surface area (Å²) in [6.07, 6.45) is 0. The maximum atomic E-state index is 5.38. The van der Waals surface area contributed by atoms with Gasteiger partial charge in [0.15, 0.2) is 11.5 Å². The molecule has 1 aliphatic rings. The van der Waals surface area contributed by atoms with E-state index in [2.05, 4.69) is 37.8 Å². The molecule has 18 heavy (non-hydrogen) atoms. The molecule has 0 saturated carbocycles. The van der Waals surface area contributed by atoms with Crippen LogP contribution in [0.4, 0.5) is 0 Å². The summed E-state index contributed by atoms with van der Waals surface area (Å²) < 4.78 is 10.7. The summed E-state index contributed by atoms with van der Waals surface area (Å²) in [4.78, 5) is 0. The van der Waals surface area contributed by atoms with Crippen LogP contribution < -0.4 is 9.47 Å². The Morgan fingerprint density at radius 1 is 0.944 bits per heavy atom. The molecule has 0 atom stereocenters. The van der Waals surface area contributed by atoms with Gasteiger partial charge in [0.25, 0.3) is 0 Å². The minimum atomic E-state index is 0.301. The SMILES string of the molecule is C=C(c1ccc(C)cc1)c1ccc2c(c1)OCO2. The summed E-state index contributed by atoms with van der Waals surface area (Å²) in [6.45, 7) is 6.53. The van der Waals surface area contributed by atoms with Gasteiger partial charge in [-0.2, -0.15) is 0 Å². The lowest BCUT2D eigenvalue weighted by Crippen LogP contribution is -1.93. The summed E-state index contributed by atoms with van der Waals surface area (Å²) in [5.41, 5.74) is 4.42. The first kappa shape index (κ1) is 10.9. The Kier molecular flexibility index (Phi) is 2.56. The molecule has 0 saturated heterocycles. The van der Waals surface area contributed by atoms with Crippen molar-refractivity contribution in [2.24, 2.45) is 0 Å². The zero-order valence-corrected chi connectivity index (χ0v) is 10.3. The fourth-order valence-corrected chi connectivity index (χ4v) is 2.01. The summed E-state index contributed by atoms with van der Waals surface area (Å²) in [7, 11) is 0. The van der Waals surface area contributed by atoms with Crippen molar-refractivity contribution in [2.75, 3.05) is 6.79 Å². The van der Waals surface area contributed by atoms with Crippen molar-refractivity contribution in [2.45, 2.75) is 6.92 Å². The Hall–Kier alpha value is -2.22. The fourth-order valence-electron chi connectivity index (χ4n) is 2.01. The fraction of sp³-hybridized carbons (Fsp3) is 0.125. The summed E-state index contributed by atoms with van der Waals surface area (Å²) >= 11 is 0. The molecule has 2 heteroatoms. The number of aryl methyl sites for hydroxylation is 1. The monoisotopic (exact) mass is 238 g/mol. The van der Waals surface area contributed by atoms with Crippen LogP contribution in [0.15, 0.2) is 49.0 Å². The van der Waals surface area contributed by atoms with E-state index in [1.165, 1.54) is 5.56 Å². The Bertz CT molecular complexity index is 597. The molecule has 2 nitrogen and oxygen atoms in total. The van der Waals surface area contributed by atoms with E-state index < -0.39 is 0 Å². The molecule has 0 unspecified atom stereocenters. The standard InChI is InChI=1S/C16H14O2/c1-11-3-5-13(6-4-11)12(2)14-7-8-15-16(9-14)18-10-17-15/h3-9H,2,10H2,1H3. The van der Waals surface area contributed by atoms with Crippen LogP contribution in [0, 0.1) is 6.92 Å². The van der Waals surface area contributed by atoms with Gasteiger partial charge in [0.2, 0.25) is 6.79 Å². The molecular weight excluding hydrogens is 224 g/mol. The number of hydrogen-bond donors (Lipinski definition) is 0. The predicted octanol–water partition coefficient (Wildman–Crippen LogP) is 3.79. The maximum Gasteiger partial charge on any atom is 0.231 e. The van der Waals surface area contributed by atoms with E-state index >= 15 is 0 Å². The summed E-state index contributed by atoms with van der Waals surface area (Å²) in [5, 5.41) is 0. The van der Waals surface area contributed by atoms with Crippen molar-refractivity contribution < 1.29 is 9.47 Å². The summed E-state index contributed by atoms with van der Waals surface area (Å²) in [6, 6.07) is 14.3. The number of rotatable bonds is 2. The quantitative estimate of drug-likeness (QED) is 0.792. The van der Waals surface area contributed by atoms with Gasteiger partial charge >= 0.3 is 0 Å². The van der Waals surface area contributed by atoms with Gasteiger partial charge < -0.3 is 9.47 Å². The van der Waals surface area contributed by atoms with E-state index in [4.69, 9.17) is 9.47 Å². The second kappa shape index (κ2) is 4.22. The van der Waals surface area contributed by atoms with E-state index in [9.17, 15) is 0 Å². The molecule has 0 radical (unpaired) electrons. The molecule has 3 rings (SSSR count). The highest BCUT2D eigenvalue weighted by Gasteiger charge is 2.14. The number of ether oxygens (including phenoxy) is 2. The molecule has 90 valence electrons. The molecule has 1 heterocycles. The molecule has 0 amide bonds. The first-order chi connectivity index (χ1) is 8.74. The van der Waals surface area contributed by atoms with Crippen molar-refractivity contribution in [3.8, 4) is 11.5 Å². The molecule has 0 bridgehead atoms. The second-order valence-corrected chi connectivity index (χ2v) is 4.41. The van der Waals surface area contributed by atoms with Crippen molar-refractivity contribution in [3.05, 3.63) is 65.7 Å². The summed E-state index contributed by atoms with van der Waals surface area (Å²) in [5.74, 6) is 1.59. The lowest BCUT2D eigenvalue weighted by Gasteiger charge is -2.07. The highest BCUT2D eigenvalue weighted by atomic mass is 16.7. The van der Waals surface area contributed by atoms with Crippen LogP contribution >= 0.6 is 0 Å². The molecule has 2 aromatic carbocycles. The highest BCUT2D eigenvalue weighted by molar-refractivity contribution is 5.79. The van der Waals surface area contributed by atoms with Crippen LogP contribution in [0.3, 0.4) is 0 Å². The Morgan fingerprint density at radius 3 is 2.39 bits per heavy atom. The zero-order chi connectivity index (χ0) is 12.5. The third-order valence-electron chi connectivity index (χ3n) is 3.12. The molecule has 0 aromatic heterocycles. The van der Waals surface area contributed by atoms with E-state index in [1.54, 1.807) is 0 Å². The van der Waals surface area contributed by atoms with E-state index in [1.807, 2.05) is 18.2 Å². The van der Waals surface area contributed by atoms with Crippen LogP contribution in [-0.4, -0.2) is 6.79 Å². The lowest BCUT2D eigenvalue weighted by atomic mass is 9.98. The van der Waals surface area contributed by atoms with Gasteiger partial charge in [-0.1, -0.05) is 42.5 Å². The molecule has 2 aromatic rings. The smallest absolute Gasteiger partial charge is 0.231 e. The van der Waals surface area contributed by atoms with Gasteiger partial charge in [-0.05, 0) is 35.8 Å². The average Bonchev–Trinajstić information content (AvgIpc) is 2.86.